The fraction of sp³-hybridized carbons (Fsp3) is 0.389. The molecule has 28 heavy (non-hydrogen) atoms. The number of aryl methyl sites for hydroxylation is 2. The standard InChI is InChI=1S/C18H20FN7O2/c1-24-16(20-11-21-24)17(27)22-14-6-7-15-23-26(18(28)25(15)9-8-14)10-12-2-4-13(19)5-3-12/h2-5,11,14H,6-10H2,1H3,(H,22,27). The van der Waals surface area contributed by atoms with Crippen molar-refractivity contribution in [3.05, 3.63) is 64.1 Å². The molecular weight excluding hydrogens is 365 g/mol. The molecule has 9 nitrogen and oxygen atoms in total. The number of fused-ring (bicyclic) bond motifs is 1. The first kappa shape index (κ1) is 18.1. The van der Waals surface area contributed by atoms with Crippen LogP contribution < -0.4 is 11.0 Å². The van der Waals surface area contributed by atoms with Gasteiger partial charge in [-0.05, 0) is 30.5 Å². The molecule has 1 aliphatic heterocycles. The van der Waals surface area contributed by atoms with E-state index in [2.05, 4.69) is 20.5 Å². The van der Waals surface area contributed by atoms with Crippen LogP contribution in [0.25, 0.3) is 0 Å². The van der Waals surface area contributed by atoms with Crippen molar-refractivity contribution in [2.75, 3.05) is 0 Å². The second-order valence-electron chi connectivity index (χ2n) is 6.84. The smallest absolute Gasteiger partial charge is 0.346 e. The van der Waals surface area contributed by atoms with Gasteiger partial charge in [-0.3, -0.25) is 9.36 Å². The summed E-state index contributed by atoms with van der Waals surface area (Å²) in [6.45, 7) is 0.771. The topological polar surface area (TPSA) is 99.6 Å². The third-order valence-corrected chi connectivity index (χ3v) is 4.91. The number of rotatable bonds is 4. The van der Waals surface area contributed by atoms with Crippen LogP contribution in [0.5, 0.6) is 0 Å². The van der Waals surface area contributed by atoms with Gasteiger partial charge in [0.1, 0.15) is 18.0 Å². The summed E-state index contributed by atoms with van der Waals surface area (Å²) in [5.41, 5.74) is 0.616. The van der Waals surface area contributed by atoms with Crippen LogP contribution in [0.3, 0.4) is 0 Å². The van der Waals surface area contributed by atoms with Crippen molar-refractivity contribution in [3.63, 3.8) is 0 Å². The van der Waals surface area contributed by atoms with Crippen LogP contribution in [0, 0.1) is 5.82 Å². The first-order valence-corrected chi connectivity index (χ1v) is 9.07. The predicted octanol–water partition coefficient (Wildman–Crippen LogP) is 0.496. The molecule has 1 aromatic carbocycles. The highest BCUT2D eigenvalue weighted by Crippen LogP contribution is 2.13. The molecular formula is C18H20FN7O2. The maximum atomic E-state index is 13.0. The van der Waals surface area contributed by atoms with E-state index in [1.807, 2.05) is 0 Å². The zero-order valence-electron chi connectivity index (χ0n) is 15.4. The largest absolute Gasteiger partial charge is 0.347 e. The lowest BCUT2D eigenvalue weighted by atomic mass is 10.1. The summed E-state index contributed by atoms with van der Waals surface area (Å²) in [6.07, 6.45) is 3.21. The van der Waals surface area contributed by atoms with Gasteiger partial charge in [-0.25, -0.2) is 23.5 Å². The number of hydrogen-bond donors (Lipinski definition) is 1. The summed E-state index contributed by atoms with van der Waals surface area (Å²) >= 11 is 0. The molecule has 0 saturated carbocycles. The number of hydrogen-bond acceptors (Lipinski definition) is 5. The summed E-state index contributed by atoms with van der Waals surface area (Å²) in [5.74, 6) is 0.357. The Morgan fingerprint density at radius 1 is 1.29 bits per heavy atom. The van der Waals surface area contributed by atoms with E-state index >= 15 is 0 Å². The summed E-state index contributed by atoms with van der Waals surface area (Å²) in [6, 6.07) is 5.95. The molecule has 3 aromatic rings. The maximum Gasteiger partial charge on any atom is 0.346 e. The van der Waals surface area contributed by atoms with Crippen molar-refractivity contribution in [3.8, 4) is 0 Å². The van der Waals surface area contributed by atoms with Crippen LogP contribution in [-0.4, -0.2) is 41.1 Å². The van der Waals surface area contributed by atoms with E-state index in [4.69, 9.17) is 0 Å². The van der Waals surface area contributed by atoms with Crippen molar-refractivity contribution in [1.29, 1.82) is 0 Å². The van der Waals surface area contributed by atoms with Crippen LogP contribution in [0.15, 0.2) is 35.4 Å². The van der Waals surface area contributed by atoms with Gasteiger partial charge in [-0.1, -0.05) is 12.1 Å². The van der Waals surface area contributed by atoms with Gasteiger partial charge in [0.15, 0.2) is 0 Å². The summed E-state index contributed by atoms with van der Waals surface area (Å²) < 4.78 is 17.5. The van der Waals surface area contributed by atoms with Crippen LogP contribution in [0.1, 0.15) is 34.8 Å². The molecule has 2 aromatic heterocycles. The Hall–Kier alpha value is -3.30. The molecule has 1 amide bonds. The SMILES string of the molecule is Cn1ncnc1C(=O)NC1CCc2nn(Cc3ccc(F)cc3)c(=O)n2CC1. The molecule has 0 saturated heterocycles. The highest BCUT2D eigenvalue weighted by atomic mass is 19.1. The van der Waals surface area contributed by atoms with Gasteiger partial charge < -0.3 is 5.32 Å². The highest BCUT2D eigenvalue weighted by molar-refractivity contribution is 5.90. The minimum atomic E-state index is -0.314. The second kappa shape index (κ2) is 7.37. The van der Waals surface area contributed by atoms with E-state index in [0.29, 0.717) is 38.2 Å². The van der Waals surface area contributed by atoms with E-state index in [-0.39, 0.29) is 29.3 Å². The molecule has 0 bridgehead atoms. The number of nitrogens with one attached hydrogen (secondary N) is 1. The molecule has 1 unspecified atom stereocenters. The first-order chi connectivity index (χ1) is 13.5. The van der Waals surface area contributed by atoms with E-state index < -0.39 is 0 Å². The monoisotopic (exact) mass is 385 g/mol. The Balaban J connectivity index is 1.44. The minimum Gasteiger partial charge on any atom is -0.347 e. The summed E-state index contributed by atoms with van der Waals surface area (Å²) in [4.78, 5) is 28.9. The Kier molecular flexibility index (Phi) is 4.76. The molecule has 0 spiro atoms. The van der Waals surface area contributed by atoms with Crippen LogP contribution in [0.2, 0.25) is 0 Å². The lowest BCUT2D eigenvalue weighted by molar-refractivity contribution is 0.0918. The lowest BCUT2D eigenvalue weighted by Gasteiger charge is -2.15. The number of benzene rings is 1. The molecule has 1 atom stereocenters. The molecule has 146 valence electrons. The third-order valence-electron chi connectivity index (χ3n) is 4.91. The molecule has 0 fully saturated rings. The Bertz CT molecular complexity index is 1050. The minimum absolute atomic E-state index is 0.0733. The molecule has 1 aliphatic rings. The number of amides is 1. The predicted molar refractivity (Wildman–Crippen MR) is 97.2 cm³/mol. The average molecular weight is 385 g/mol. The van der Waals surface area contributed by atoms with E-state index in [1.165, 1.54) is 27.8 Å². The lowest BCUT2D eigenvalue weighted by Crippen LogP contribution is -2.37. The summed E-state index contributed by atoms with van der Waals surface area (Å²) in [5, 5.41) is 11.3. The molecule has 1 N–H and O–H groups in total. The Morgan fingerprint density at radius 3 is 2.79 bits per heavy atom. The number of aromatic nitrogens is 6. The summed E-state index contributed by atoms with van der Waals surface area (Å²) in [7, 11) is 1.66. The first-order valence-electron chi connectivity index (χ1n) is 9.07. The zero-order valence-corrected chi connectivity index (χ0v) is 15.4. The fourth-order valence-corrected chi connectivity index (χ4v) is 3.39. The van der Waals surface area contributed by atoms with Crippen molar-refractivity contribution in [2.24, 2.45) is 7.05 Å². The third kappa shape index (κ3) is 3.57. The normalized spacial score (nSPS) is 16.4. The number of halogens is 1. The molecule has 4 rings (SSSR count). The van der Waals surface area contributed by atoms with Gasteiger partial charge in [-0.2, -0.15) is 10.2 Å². The van der Waals surface area contributed by atoms with Gasteiger partial charge in [0.25, 0.3) is 5.91 Å². The van der Waals surface area contributed by atoms with Crippen molar-refractivity contribution in [1.82, 2.24) is 34.4 Å². The van der Waals surface area contributed by atoms with Gasteiger partial charge in [-0.15, -0.1) is 0 Å². The van der Waals surface area contributed by atoms with Gasteiger partial charge in [0, 0.05) is 26.1 Å². The maximum absolute atomic E-state index is 13.0. The Labute approximate surface area is 159 Å². The molecule has 10 heteroatoms. The van der Waals surface area contributed by atoms with E-state index in [0.717, 1.165) is 5.56 Å². The molecule has 3 heterocycles. The zero-order chi connectivity index (χ0) is 19.7. The van der Waals surface area contributed by atoms with Crippen molar-refractivity contribution >= 4 is 5.91 Å². The molecule has 0 aliphatic carbocycles. The van der Waals surface area contributed by atoms with Crippen LogP contribution in [-0.2, 0) is 26.6 Å². The average Bonchev–Trinajstić information content (AvgIpc) is 3.16. The van der Waals surface area contributed by atoms with Crippen molar-refractivity contribution < 1.29 is 9.18 Å². The highest BCUT2D eigenvalue weighted by Gasteiger charge is 2.23. The van der Waals surface area contributed by atoms with Gasteiger partial charge in [0.2, 0.25) is 5.82 Å². The molecule has 0 radical (unpaired) electrons. The second-order valence-corrected chi connectivity index (χ2v) is 6.84. The quantitative estimate of drug-likeness (QED) is 0.705. The van der Waals surface area contributed by atoms with Gasteiger partial charge >= 0.3 is 5.69 Å². The van der Waals surface area contributed by atoms with Gasteiger partial charge in [0.05, 0.1) is 6.54 Å². The Morgan fingerprint density at radius 2 is 2.07 bits per heavy atom. The number of carbonyl (C=O) groups is 1. The van der Waals surface area contributed by atoms with Crippen LogP contribution in [0.4, 0.5) is 4.39 Å². The van der Waals surface area contributed by atoms with Crippen molar-refractivity contribution in [2.45, 2.75) is 38.4 Å². The number of nitrogens with zero attached hydrogens (tertiary/aromatic N) is 6. The number of carbonyl (C=O) groups excluding carboxylic acids is 1. The van der Waals surface area contributed by atoms with E-state index in [1.54, 1.807) is 23.7 Å². The van der Waals surface area contributed by atoms with Crippen LogP contribution >= 0.6 is 0 Å². The van der Waals surface area contributed by atoms with E-state index in [9.17, 15) is 14.0 Å². The fourth-order valence-electron chi connectivity index (χ4n) is 3.39.